The molecular formula is C35H31F3N6O3. The SMILES string of the molecule is C#Cc1c(F)ccc2cc(O)cc(-c3nc4c5c(nc(OC[C@@]67CCCN6C[C@H](F)C7)nc5c3F)N3CCCC(C#N)CC3CO4)c12. The van der Waals surface area contributed by atoms with Crippen molar-refractivity contribution in [3.05, 3.63) is 41.5 Å². The van der Waals surface area contributed by atoms with Crippen LogP contribution >= 0.6 is 0 Å². The van der Waals surface area contributed by atoms with Gasteiger partial charge in [-0.2, -0.15) is 15.2 Å². The summed E-state index contributed by atoms with van der Waals surface area (Å²) in [5.41, 5.74) is -0.883. The smallest absolute Gasteiger partial charge is 0.319 e. The van der Waals surface area contributed by atoms with E-state index in [9.17, 15) is 19.1 Å². The third-order valence-electron chi connectivity index (χ3n) is 10.2. The van der Waals surface area contributed by atoms with Gasteiger partial charge < -0.3 is 19.5 Å². The standard InChI is InChI=1S/C35H31F3N6O3/c1-2-24-26(37)7-6-20-12-23(45)13-25(27(20)24)30-29(38)31-28-32(44-10-3-5-19(15-39)11-22(44)17-46-33(28)40-30)42-34(41-31)47-18-35-8-4-9-43(35)16-21(36)14-35/h1,6-7,12-13,19,21-22,45H,3-5,8-11,14,16-18H2/t19?,21-,22?,35+/m1/s1. The number of aromatic nitrogens is 3. The maximum Gasteiger partial charge on any atom is 0.319 e. The van der Waals surface area contributed by atoms with E-state index in [4.69, 9.17) is 20.9 Å². The fourth-order valence-electron chi connectivity index (χ4n) is 8.05. The van der Waals surface area contributed by atoms with Crippen LogP contribution in [0.4, 0.5) is 19.0 Å². The number of rotatable bonds is 4. The van der Waals surface area contributed by atoms with Gasteiger partial charge in [-0.3, -0.25) is 4.90 Å². The van der Waals surface area contributed by atoms with Crippen molar-refractivity contribution in [2.75, 3.05) is 37.7 Å². The first-order valence-electron chi connectivity index (χ1n) is 15.9. The zero-order valence-electron chi connectivity index (χ0n) is 25.5. The normalized spacial score (nSPS) is 25.4. The van der Waals surface area contributed by atoms with Gasteiger partial charge in [0.05, 0.1) is 23.2 Å². The molecule has 12 heteroatoms. The molecule has 1 N–H and O–H groups in total. The maximum atomic E-state index is 17.0. The minimum Gasteiger partial charge on any atom is -0.508 e. The van der Waals surface area contributed by atoms with Crippen molar-refractivity contribution in [3.8, 4) is 47.3 Å². The highest BCUT2D eigenvalue weighted by Gasteiger charge is 2.49. The Hall–Kier alpha value is -4.81. The number of phenolic OH excluding ortho intramolecular Hbond substituents is 1. The molecule has 0 bridgehead atoms. The molecule has 0 amide bonds. The third-order valence-corrected chi connectivity index (χ3v) is 10.2. The topological polar surface area (TPSA) is 108 Å². The third kappa shape index (κ3) is 4.77. The lowest BCUT2D eigenvalue weighted by molar-refractivity contribution is 0.107. The number of phenols is 1. The number of anilines is 1. The first-order chi connectivity index (χ1) is 22.8. The summed E-state index contributed by atoms with van der Waals surface area (Å²) in [4.78, 5) is 18.1. The monoisotopic (exact) mass is 640 g/mol. The molecule has 4 atom stereocenters. The van der Waals surface area contributed by atoms with Crippen molar-refractivity contribution in [2.24, 2.45) is 5.92 Å². The van der Waals surface area contributed by atoms with E-state index in [1.807, 2.05) is 4.90 Å². The zero-order chi connectivity index (χ0) is 32.4. The quantitative estimate of drug-likeness (QED) is 0.283. The number of halogens is 3. The number of alkyl halides is 1. The summed E-state index contributed by atoms with van der Waals surface area (Å²) in [6, 6.07) is 7.40. The maximum absolute atomic E-state index is 17.0. The second kappa shape index (κ2) is 11.2. The fourth-order valence-corrected chi connectivity index (χ4v) is 8.05. The van der Waals surface area contributed by atoms with E-state index in [0.29, 0.717) is 50.0 Å². The van der Waals surface area contributed by atoms with E-state index in [2.05, 4.69) is 26.9 Å². The molecule has 6 heterocycles. The fraction of sp³-hybridized carbons (Fsp3) is 0.429. The highest BCUT2D eigenvalue weighted by molar-refractivity contribution is 6.04. The minimum atomic E-state index is -0.951. The largest absolute Gasteiger partial charge is 0.508 e. The highest BCUT2D eigenvalue weighted by atomic mass is 19.1. The molecule has 2 aromatic carbocycles. The molecule has 240 valence electrons. The molecule has 0 saturated carbocycles. The van der Waals surface area contributed by atoms with Crippen molar-refractivity contribution in [1.82, 2.24) is 19.9 Å². The van der Waals surface area contributed by atoms with Crippen LogP contribution in [0.15, 0.2) is 24.3 Å². The van der Waals surface area contributed by atoms with Gasteiger partial charge >= 0.3 is 6.01 Å². The Labute approximate surface area is 268 Å². The number of aromatic hydroxyl groups is 1. The van der Waals surface area contributed by atoms with Crippen molar-refractivity contribution in [2.45, 2.75) is 56.3 Å². The van der Waals surface area contributed by atoms with Crippen LogP contribution in [0.25, 0.3) is 32.9 Å². The highest BCUT2D eigenvalue weighted by Crippen LogP contribution is 2.45. The summed E-state index contributed by atoms with van der Waals surface area (Å²) in [5.74, 6) is 0.886. The van der Waals surface area contributed by atoms with E-state index in [-0.39, 0.29) is 75.9 Å². The molecule has 0 aliphatic carbocycles. The molecule has 4 aromatic rings. The summed E-state index contributed by atoms with van der Waals surface area (Å²) in [6.07, 6.45) is 8.74. The molecule has 3 saturated heterocycles. The van der Waals surface area contributed by atoms with Crippen molar-refractivity contribution in [3.63, 3.8) is 0 Å². The van der Waals surface area contributed by atoms with E-state index in [1.165, 1.54) is 24.3 Å². The van der Waals surface area contributed by atoms with Crippen LogP contribution in [0.5, 0.6) is 17.6 Å². The van der Waals surface area contributed by atoms with Crippen molar-refractivity contribution < 1.29 is 27.8 Å². The Morgan fingerprint density at radius 3 is 2.85 bits per heavy atom. The van der Waals surface area contributed by atoms with Gasteiger partial charge in [0.1, 0.15) is 53.4 Å². The summed E-state index contributed by atoms with van der Waals surface area (Å²) in [6.45, 7) is 1.97. The number of nitriles is 1. The summed E-state index contributed by atoms with van der Waals surface area (Å²) in [7, 11) is 0. The van der Waals surface area contributed by atoms with E-state index >= 15 is 4.39 Å². The lowest BCUT2D eigenvalue weighted by atomic mass is 9.95. The lowest BCUT2D eigenvalue weighted by Gasteiger charge is -2.31. The van der Waals surface area contributed by atoms with E-state index in [1.54, 1.807) is 0 Å². The Kier molecular flexibility index (Phi) is 7.03. The van der Waals surface area contributed by atoms with Crippen LogP contribution in [0.2, 0.25) is 0 Å². The number of hydrogen-bond acceptors (Lipinski definition) is 9. The number of fused-ring (bicyclic) bond motifs is 4. The second-order valence-electron chi connectivity index (χ2n) is 13.0. The number of pyridine rings is 1. The molecule has 0 spiro atoms. The predicted molar refractivity (Wildman–Crippen MR) is 168 cm³/mol. The van der Waals surface area contributed by atoms with Gasteiger partial charge in [-0.05, 0) is 62.2 Å². The minimum absolute atomic E-state index is 0.0614. The lowest BCUT2D eigenvalue weighted by Crippen LogP contribution is -2.43. The Morgan fingerprint density at radius 1 is 1.15 bits per heavy atom. The molecule has 2 unspecified atom stereocenters. The van der Waals surface area contributed by atoms with Gasteiger partial charge in [0.2, 0.25) is 5.88 Å². The van der Waals surface area contributed by atoms with Crippen molar-refractivity contribution in [1.29, 1.82) is 5.26 Å². The van der Waals surface area contributed by atoms with E-state index < -0.39 is 23.3 Å². The van der Waals surface area contributed by atoms with Gasteiger partial charge in [0.15, 0.2) is 5.82 Å². The number of hydrogen-bond donors (Lipinski definition) is 1. The Balaban J connectivity index is 1.33. The predicted octanol–water partition coefficient (Wildman–Crippen LogP) is 5.66. The van der Waals surface area contributed by atoms with E-state index in [0.717, 1.165) is 19.4 Å². The first kappa shape index (κ1) is 29.6. The van der Waals surface area contributed by atoms with Gasteiger partial charge in [-0.25, -0.2) is 18.2 Å². The van der Waals surface area contributed by atoms with Gasteiger partial charge in [-0.15, -0.1) is 6.42 Å². The summed E-state index contributed by atoms with van der Waals surface area (Å²) < 4.78 is 59.0. The van der Waals surface area contributed by atoms with Gasteiger partial charge in [0, 0.05) is 36.4 Å². The van der Waals surface area contributed by atoms with Crippen LogP contribution in [0.3, 0.4) is 0 Å². The summed E-state index contributed by atoms with van der Waals surface area (Å²) >= 11 is 0. The molecule has 9 nitrogen and oxygen atoms in total. The zero-order valence-corrected chi connectivity index (χ0v) is 25.5. The number of benzene rings is 2. The van der Waals surface area contributed by atoms with Crippen LogP contribution < -0.4 is 14.4 Å². The molecule has 4 aliphatic rings. The molecule has 2 aromatic heterocycles. The molecule has 47 heavy (non-hydrogen) atoms. The molecule has 8 rings (SSSR count). The van der Waals surface area contributed by atoms with Crippen LogP contribution in [0, 0.1) is 41.2 Å². The first-order valence-corrected chi connectivity index (χ1v) is 15.9. The average Bonchev–Trinajstić information content (AvgIpc) is 3.44. The number of terminal acetylenes is 1. The second-order valence-corrected chi connectivity index (χ2v) is 13.0. The Morgan fingerprint density at radius 2 is 2.02 bits per heavy atom. The number of ether oxygens (including phenoxy) is 2. The summed E-state index contributed by atoms with van der Waals surface area (Å²) in [5, 5.41) is 21.2. The molecule has 4 aliphatic heterocycles. The van der Waals surface area contributed by atoms with Crippen LogP contribution in [-0.2, 0) is 0 Å². The number of nitrogens with zero attached hydrogens (tertiary/aromatic N) is 6. The molecule has 3 fully saturated rings. The molecular weight excluding hydrogens is 609 g/mol. The van der Waals surface area contributed by atoms with Gasteiger partial charge in [0.25, 0.3) is 0 Å². The van der Waals surface area contributed by atoms with Gasteiger partial charge in [-0.1, -0.05) is 12.0 Å². The van der Waals surface area contributed by atoms with Crippen molar-refractivity contribution >= 4 is 27.5 Å². The van der Waals surface area contributed by atoms with Crippen LogP contribution in [0.1, 0.15) is 44.1 Å². The van der Waals surface area contributed by atoms with Crippen LogP contribution in [-0.4, -0.2) is 75.6 Å². The Bertz CT molecular complexity index is 2030. The average molecular weight is 641 g/mol. The molecule has 0 radical (unpaired) electrons.